The Labute approximate surface area is 103 Å². The summed E-state index contributed by atoms with van der Waals surface area (Å²) in [6, 6.07) is 0.186. The Balaban J connectivity index is 2.04. The zero-order valence-corrected chi connectivity index (χ0v) is 11.0. The number of allylic oxidation sites excluding steroid dienone is 1. The van der Waals surface area contributed by atoms with Crippen LogP contribution in [0.15, 0.2) is 22.9 Å². The van der Waals surface area contributed by atoms with Crippen molar-refractivity contribution in [2.45, 2.75) is 33.2 Å². The molecule has 4 unspecified atom stereocenters. The van der Waals surface area contributed by atoms with Crippen LogP contribution in [-0.4, -0.2) is 19.6 Å². The van der Waals surface area contributed by atoms with Gasteiger partial charge in [0, 0.05) is 18.4 Å². The second kappa shape index (κ2) is 4.53. The highest BCUT2D eigenvalue weighted by atomic mass is 16.5. The fourth-order valence-corrected chi connectivity index (χ4v) is 2.80. The van der Waals surface area contributed by atoms with Gasteiger partial charge in [0.25, 0.3) is 0 Å². The maximum Gasteiger partial charge on any atom is 0.140 e. The summed E-state index contributed by atoms with van der Waals surface area (Å²) in [6.07, 6.45) is 2.94. The van der Waals surface area contributed by atoms with E-state index in [1.54, 1.807) is 7.05 Å². The summed E-state index contributed by atoms with van der Waals surface area (Å²) in [6.45, 7) is 6.74. The summed E-state index contributed by atoms with van der Waals surface area (Å²) in [5.41, 5.74) is 2.90. The van der Waals surface area contributed by atoms with Crippen LogP contribution in [0.5, 0.6) is 0 Å². The number of nitrogens with one attached hydrogen (secondary N) is 2. The van der Waals surface area contributed by atoms with Crippen molar-refractivity contribution in [2.24, 2.45) is 11.8 Å². The monoisotopic (exact) mass is 238 g/mol. The van der Waals surface area contributed by atoms with Gasteiger partial charge < -0.3 is 20.5 Å². The summed E-state index contributed by atoms with van der Waals surface area (Å²) >= 11 is 0. The van der Waals surface area contributed by atoms with Gasteiger partial charge in [0.1, 0.15) is 12.2 Å². The van der Waals surface area contributed by atoms with E-state index in [2.05, 4.69) is 13.8 Å². The fraction of sp³-hybridized carbons (Fsp3) is 0.692. The van der Waals surface area contributed by atoms with E-state index in [9.17, 15) is 10.4 Å². The lowest BCUT2D eigenvalue weighted by Gasteiger charge is -2.48. The van der Waals surface area contributed by atoms with E-state index in [0.29, 0.717) is 18.4 Å². The molecule has 96 valence electrons. The first kappa shape index (κ1) is 12.8. The van der Waals surface area contributed by atoms with E-state index in [4.69, 9.17) is 0 Å². The topological polar surface area (TPSA) is 55.0 Å². The van der Waals surface area contributed by atoms with Crippen molar-refractivity contribution in [3.05, 3.63) is 33.3 Å². The van der Waals surface area contributed by atoms with E-state index >= 15 is 0 Å². The lowest BCUT2D eigenvalue weighted by atomic mass is 9.71. The molecule has 1 fully saturated rings. The van der Waals surface area contributed by atoms with Crippen LogP contribution in [0.25, 0.3) is 0 Å². The number of rotatable bonds is 4. The highest BCUT2D eigenvalue weighted by Crippen LogP contribution is 2.33. The standard InChI is InChI=1S/C13H22N2O2/c1-8-5-12(10(8)3)15(17)13-6-9(2)11(13)7-14(4)16/h6,8,10,12,14-15H,5,7H2,1-4H3/t8-,10?,12?/m1/s1. The Hall–Kier alpha value is -0.680. The first-order valence-corrected chi connectivity index (χ1v) is 6.37. The Bertz CT molecular complexity index is 374. The van der Waals surface area contributed by atoms with Crippen LogP contribution >= 0.6 is 0 Å². The van der Waals surface area contributed by atoms with E-state index in [1.165, 1.54) is 0 Å². The minimum atomic E-state index is 0.132. The Morgan fingerprint density at radius 2 is 2.00 bits per heavy atom. The van der Waals surface area contributed by atoms with Gasteiger partial charge in [0.2, 0.25) is 0 Å². The minimum Gasteiger partial charge on any atom is -0.634 e. The zero-order valence-electron chi connectivity index (χ0n) is 11.0. The zero-order chi connectivity index (χ0) is 12.7. The van der Waals surface area contributed by atoms with Crippen molar-refractivity contribution in [1.82, 2.24) is 0 Å². The Morgan fingerprint density at radius 1 is 1.35 bits per heavy atom. The van der Waals surface area contributed by atoms with Crippen LogP contribution in [0.4, 0.5) is 0 Å². The smallest absolute Gasteiger partial charge is 0.140 e. The number of hydroxylamine groups is 4. The molecule has 0 aliphatic heterocycles. The molecular weight excluding hydrogens is 216 g/mol. The minimum absolute atomic E-state index is 0.132. The molecule has 0 saturated heterocycles. The van der Waals surface area contributed by atoms with E-state index in [1.807, 2.05) is 13.0 Å². The Morgan fingerprint density at radius 3 is 2.41 bits per heavy atom. The Kier molecular flexibility index (Phi) is 3.41. The largest absolute Gasteiger partial charge is 0.634 e. The van der Waals surface area contributed by atoms with Gasteiger partial charge in [-0.3, -0.25) is 0 Å². The maximum atomic E-state index is 12.3. The van der Waals surface area contributed by atoms with Crippen molar-refractivity contribution in [2.75, 3.05) is 13.6 Å². The van der Waals surface area contributed by atoms with Crippen LogP contribution in [0.2, 0.25) is 0 Å². The highest BCUT2D eigenvalue weighted by Gasteiger charge is 2.41. The molecule has 0 bridgehead atoms. The summed E-state index contributed by atoms with van der Waals surface area (Å²) < 4.78 is 0. The van der Waals surface area contributed by atoms with E-state index in [-0.39, 0.29) is 16.2 Å². The molecule has 4 nitrogen and oxygen atoms in total. The van der Waals surface area contributed by atoms with Crippen LogP contribution < -0.4 is 10.1 Å². The average molecular weight is 238 g/mol. The summed E-state index contributed by atoms with van der Waals surface area (Å²) in [5, 5.41) is 23.8. The molecule has 2 N–H and O–H groups in total. The lowest BCUT2D eigenvalue weighted by molar-refractivity contribution is -0.852. The van der Waals surface area contributed by atoms with E-state index < -0.39 is 0 Å². The molecule has 0 radical (unpaired) electrons. The third kappa shape index (κ3) is 2.18. The highest BCUT2D eigenvalue weighted by molar-refractivity contribution is 5.48. The third-order valence-electron chi connectivity index (χ3n) is 4.35. The predicted molar refractivity (Wildman–Crippen MR) is 67.0 cm³/mol. The molecule has 2 aliphatic rings. The number of likely N-dealkylation sites (N-methyl/N-ethyl adjacent to an activating group) is 1. The van der Waals surface area contributed by atoms with Crippen LogP contribution in [-0.2, 0) is 0 Å². The normalized spacial score (nSPS) is 35.9. The lowest BCUT2D eigenvalue weighted by Crippen LogP contribution is -3.13. The molecule has 0 aromatic carbocycles. The van der Waals surface area contributed by atoms with Gasteiger partial charge in [-0.1, -0.05) is 13.8 Å². The van der Waals surface area contributed by atoms with Gasteiger partial charge in [0.15, 0.2) is 0 Å². The second-order valence-corrected chi connectivity index (χ2v) is 5.64. The number of hydrogen-bond donors (Lipinski definition) is 2. The molecule has 0 aromatic rings. The SMILES string of the molecule is CC1=CC([NH+]([O-])C2C[C@@H](C)C2C)=C1C[NH+](C)[O-]. The maximum absolute atomic E-state index is 12.3. The first-order valence-electron chi connectivity index (χ1n) is 6.37. The van der Waals surface area contributed by atoms with Gasteiger partial charge in [-0.25, -0.2) is 0 Å². The summed E-state index contributed by atoms with van der Waals surface area (Å²) in [7, 11) is 1.58. The van der Waals surface area contributed by atoms with Crippen molar-refractivity contribution in [3.8, 4) is 0 Å². The van der Waals surface area contributed by atoms with Crippen LogP contribution in [0.1, 0.15) is 27.2 Å². The van der Waals surface area contributed by atoms with Crippen molar-refractivity contribution < 1.29 is 10.1 Å². The van der Waals surface area contributed by atoms with E-state index in [0.717, 1.165) is 23.3 Å². The van der Waals surface area contributed by atoms with Crippen molar-refractivity contribution in [1.29, 1.82) is 0 Å². The summed E-state index contributed by atoms with van der Waals surface area (Å²) in [5.74, 6) is 1.15. The molecule has 4 heteroatoms. The first-order chi connectivity index (χ1) is 7.91. The fourth-order valence-electron chi connectivity index (χ4n) is 2.80. The third-order valence-corrected chi connectivity index (χ3v) is 4.35. The summed E-state index contributed by atoms with van der Waals surface area (Å²) in [4.78, 5) is 0. The molecule has 0 spiro atoms. The van der Waals surface area contributed by atoms with Crippen LogP contribution in [0, 0.1) is 22.3 Å². The van der Waals surface area contributed by atoms with Gasteiger partial charge in [-0.2, -0.15) is 0 Å². The average Bonchev–Trinajstić information content (AvgIpc) is 2.28. The molecule has 0 amide bonds. The van der Waals surface area contributed by atoms with Gasteiger partial charge in [-0.05, 0) is 18.4 Å². The molecule has 17 heavy (non-hydrogen) atoms. The number of quaternary nitrogens is 2. The van der Waals surface area contributed by atoms with Gasteiger partial charge >= 0.3 is 0 Å². The number of hydrogen-bond acceptors (Lipinski definition) is 2. The second-order valence-electron chi connectivity index (χ2n) is 5.64. The molecular formula is C13H22N2O2. The van der Waals surface area contributed by atoms with Crippen molar-refractivity contribution >= 4 is 0 Å². The molecule has 2 aliphatic carbocycles. The molecule has 0 aromatic heterocycles. The van der Waals surface area contributed by atoms with Crippen molar-refractivity contribution in [3.63, 3.8) is 0 Å². The quantitative estimate of drug-likeness (QED) is 0.657. The van der Waals surface area contributed by atoms with Gasteiger partial charge in [0.05, 0.1) is 18.7 Å². The predicted octanol–water partition coefficient (Wildman–Crippen LogP) is -0.360. The van der Waals surface area contributed by atoms with Gasteiger partial charge in [-0.15, -0.1) is 0 Å². The van der Waals surface area contributed by atoms with Crippen LogP contribution in [0.3, 0.4) is 0 Å². The molecule has 1 saturated carbocycles. The molecule has 0 heterocycles. The molecule has 5 atom stereocenters. The molecule has 2 rings (SSSR count).